The molecule has 0 saturated carbocycles. The molecule has 1 aromatic heterocycles. The molecule has 0 bridgehead atoms. The van der Waals surface area contributed by atoms with E-state index in [4.69, 9.17) is 0 Å². The van der Waals surface area contributed by atoms with Crippen LogP contribution in [0.1, 0.15) is 13.8 Å². The van der Waals surface area contributed by atoms with Gasteiger partial charge in [0.15, 0.2) is 5.96 Å². The number of aromatic nitrogens is 1. The molecule has 154 valence electrons. The molecule has 0 atom stereocenters. The number of hydrogen-bond acceptors (Lipinski definition) is 5. The van der Waals surface area contributed by atoms with Gasteiger partial charge in [0.25, 0.3) is 0 Å². The second-order valence-corrected chi connectivity index (χ2v) is 8.51. The van der Waals surface area contributed by atoms with E-state index in [0.29, 0.717) is 12.5 Å². The van der Waals surface area contributed by atoms with Crippen molar-refractivity contribution in [1.29, 1.82) is 0 Å². The molecule has 0 unspecified atom stereocenters. The molecule has 0 amide bonds. The van der Waals surface area contributed by atoms with E-state index < -0.39 is 10.0 Å². The Bertz CT molecular complexity index is 676. The van der Waals surface area contributed by atoms with Crippen molar-refractivity contribution >= 4 is 40.0 Å². The first-order valence-electron chi connectivity index (χ1n) is 9.00. The van der Waals surface area contributed by atoms with Crippen molar-refractivity contribution in [2.45, 2.75) is 18.7 Å². The second kappa shape index (κ2) is 11.8. The van der Waals surface area contributed by atoms with Crippen molar-refractivity contribution in [3.63, 3.8) is 0 Å². The summed E-state index contributed by atoms with van der Waals surface area (Å²) in [5, 5.41) is 3.23. The number of hydrogen-bond donors (Lipinski definition) is 2. The highest BCUT2D eigenvalue weighted by atomic mass is 127. The van der Waals surface area contributed by atoms with Gasteiger partial charge in [-0.15, -0.1) is 24.0 Å². The van der Waals surface area contributed by atoms with Crippen LogP contribution in [0.15, 0.2) is 34.4 Å². The van der Waals surface area contributed by atoms with E-state index in [2.05, 4.69) is 43.7 Å². The first-order chi connectivity index (χ1) is 12.4. The second-order valence-electron chi connectivity index (χ2n) is 6.74. The summed E-state index contributed by atoms with van der Waals surface area (Å²) in [5.41, 5.74) is 0. The van der Waals surface area contributed by atoms with E-state index in [1.807, 2.05) is 0 Å². The van der Waals surface area contributed by atoms with Gasteiger partial charge in [0.1, 0.15) is 4.90 Å². The largest absolute Gasteiger partial charge is 0.355 e. The van der Waals surface area contributed by atoms with Crippen molar-refractivity contribution in [3.8, 4) is 0 Å². The molecular formula is C17H31IN6O2S. The zero-order valence-corrected chi connectivity index (χ0v) is 19.4. The molecule has 1 aliphatic heterocycles. The molecule has 0 radical (unpaired) electrons. The van der Waals surface area contributed by atoms with Crippen LogP contribution in [-0.2, 0) is 10.0 Å². The van der Waals surface area contributed by atoms with E-state index in [-0.39, 0.29) is 35.4 Å². The minimum Gasteiger partial charge on any atom is -0.355 e. The number of aliphatic imine (C=N–C) groups is 1. The molecule has 1 aliphatic rings. The topological polar surface area (TPSA) is 89.9 Å². The molecule has 27 heavy (non-hydrogen) atoms. The van der Waals surface area contributed by atoms with Crippen LogP contribution in [0.4, 0.5) is 0 Å². The van der Waals surface area contributed by atoms with Gasteiger partial charge in [0.05, 0.1) is 0 Å². The zero-order chi connectivity index (χ0) is 19.0. The fourth-order valence-electron chi connectivity index (χ4n) is 2.94. The summed E-state index contributed by atoms with van der Waals surface area (Å²) in [6.45, 7) is 10.2. The van der Waals surface area contributed by atoms with Crippen LogP contribution >= 0.6 is 24.0 Å². The Morgan fingerprint density at radius 3 is 2.52 bits per heavy atom. The van der Waals surface area contributed by atoms with Crippen LogP contribution in [-0.4, -0.2) is 82.0 Å². The van der Waals surface area contributed by atoms with Crippen LogP contribution in [0.5, 0.6) is 0 Å². The summed E-state index contributed by atoms with van der Waals surface area (Å²) < 4.78 is 26.9. The third-order valence-corrected chi connectivity index (χ3v) is 5.60. The molecule has 8 nitrogen and oxygen atoms in total. The Kier molecular flexibility index (Phi) is 10.5. The van der Waals surface area contributed by atoms with E-state index >= 15 is 0 Å². The van der Waals surface area contributed by atoms with Crippen LogP contribution < -0.4 is 10.0 Å². The quantitative estimate of drug-likeness (QED) is 0.245. The van der Waals surface area contributed by atoms with Gasteiger partial charge in [-0.3, -0.25) is 14.9 Å². The van der Waals surface area contributed by atoms with Gasteiger partial charge in [-0.25, -0.2) is 13.1 Å². The fraction of sp³-hybridized carbons (Fsp3) is 0.647. The van der Waals surface area contributed by atoms with Crippen molar-refractivity contribution in [2.24, 2.45) is 10.9 Å². The van der Waals surface area contributed by atoms with Crippen molar-refractivity contribution in [3.05, 3.63) is 24.5 Å². The first kappa shape index (κ1) is 24.1. The van der Waals surface area contributed by atoms with E-state index in [0.717, 1.165) is 38.7 Å². The lowest BCUT2D eigenvalue weighted by Crippen LogP contribution is -2.53. The molecule has 0 spiro atoms. The van der Waals surface area contributed by atoms with Crippen molar-refractivity contribution in [1.82, 2.24) is 24.8 Å². The molecule has 1 aromatic rings. The lowest BCUT2D eigenvalue weighted by molar-refractivity contribution is 0.164. The van der Waals surface area contributed by atoms with Crippen molar-refractivity contribution in [2.75, 3.05) is 52.9 Å². The Morgan fingerprint density at radius 1 is 1.26 bits per heavy atom. The number of halogens is 1. The molecule has 0 aromatic carbocycles. The highest BCUT2D eigenvalue weighted by Crippen LogP contribution is 2.06. The normalized spacial score (nSPS) is 16.3. The predicted octanol–water partition coefficient (Wildman–Crippen LogP) is 0.827. The molecule has 1 saturated heterocycles. The maximum atomic E-state index is 12.1. The number of sulfonamides is 1. The summed E-state index contributed by atoms with van der Waals surface area (Å²) in [7, 11) is -1.77. The molecule has 2 heterocycles. The number of rotatable bonds is 7. The van der Waals surface area contributed by atoms with Gasteiger partial charge < -0.3 is 10.2 Å². The SMILES string of the molecule is CN=C(NCCNS(=O)(=O)c1cccnc1)N1CCN(CC(C)C)CC1.I. The number of nitrogens with zero attached hydrogens (tertiary/aromatic N) is 4. The van der Waals surface area contributed by atoms with Gasteiger partial charge in [-0.2, -0.15) is 0 Å². The van der Waals surface area contributed by atoms with Crippen LogP contribution in [0.2, 0.25) is 0 Å². The lowest BCUT2D eigenvalue weighted by atomic mass is 10.2. The maximum absolute atomic E-state index is 12.1. The van der Waals surface area contributed by atoms with Crippen LogP contribution in [0.25, 0.3) is 0 Å². The summed E-state index contributed by atoms with van der Waals surface area (Å²) in [6, 6.07) is 3.13. The number of guanidine groups is 1. The van der Waals surface area contributed by atoms with Gasteiger partial charge in [-0.1, -0.05) is 13.8 Å². The fourth-order valence-corrected chi connectivity index (χ4v) is 3.93. The summed E-state index contributed by atoms with van der Waals surface area (Å²) in [6.07, 6.45) is 2.89. The zero-order valence-electron chi connectivity index (χ0n) is 16.3. The smallest absolute Gasteiger partial charge is 0.242 e. The Hall–Kier alpha value is -0.980. The Labute approximate surface area is 179 Å². The third-order valence-electron chi connectivity index (χ3n) is 4.15. The van der Waals surface area contributed by atoms with Crippen LogP contribution in [0.3, 0.4) is 0 Å². The molecule has 2 rings (SSSR count). The summed E-state index contributed by atoms with van der Waals surface area (Å²) >= 11 is 0. The molecular weight excluding hydrogens is 479 g/mol. The maximum Gasteiger partial charge on any atom is 0.242 e. The Morgan fingerprint density at radius 2 is 1.96 bits per heavy atom. The Balaban J connectivity index is 0.00000364. The van der Waals surface area contributed by atoms with Gasteiger partial charge in [0.2, 0.25) is 10.0 Å². The summed E-state index contributed by atoms with van der Waals surface area (Å²) in [4.78, 5) is 13.0. The number of nitrogens with one attached hydrogen (secondary N) is 2. The standard InChI is InChI=1S/C17H30N6O2S.HI/c1-15(2)14-22-9-11-23(12-10-22)17(18-3)20-7-8-21-26(24,25)16-5-4-6-19-13-16;/h4-6,13,15,21H,7-12,14H2,1-3H3,(H,18,20);1H. The summed E-state index contributed by atoms with van der Waals surface area (Å²) in [5.74, 6) is 1.49. The van der Waals surface area contributed by atoms with Crippen LogP contribution in [0, 0.1) is 5.92 Å². The molecule has 1 fully saturated rings. The average molecular weight is 510 g/mol. The minimum atomic E-state index is -3.52. The third kappa shape index (κ3) is 7.88. The lowest BCUT2D eigenvalue weighted by Gasteiger charge is -2.37. The highest BCUT2D eigenvalue weighted by molar-refractivity contribution is 14.0. The van der Waals surface area contributed by atoms with Gasteiger partial charge in [-0.05, 0) is 18.1 Å². The molecule has 10 heteroatoms. The van der Waals surface area contributed by atoms with E-state index in [9.17, 15) is 8.42 Å². The number of piperazine rings is 1. The number of pyridine rings is 1. The minimum absolute atomic E-state index is 0. The van der Waals surface area contributed by atoms with Gasteiger partial charge in [0, 0.05) is 65.3 Å². The highest BCUT2D eigenvalue weighted by Gasteiger charge is 2.20. The predicted molar refractivity (Wildman–Crippen MR) is 119 cm³/mol. The average Bonchev–Trinajstić information content (AvgIpc) is 2.63. The first-order valence-corrected chi connectivity index (χ1v) is 10.5. The van der Waals surface area contributed by atoms with Gasteiger partial charge >= 0.3 is 0 Å². The van der Waals surface area contributed by atoms with E-state index in [1.54, 1.807) is 19.3 Å². The molecule has 2 N–H and O–H groups in total. The van der Waals surface area contributed by atoms with E-state index in [1.165, 1.54) is 12.3 Å². The van der Waals surface area contributed by atoms with Crippen molar-refractivity contribution < 1.29 is 8.42 Å². The monoisotopic (exact) mass is 510 g/mol. The molecule has 0 aliphatic carbocycles.